The van der Waals surface area contributed by atoms with Gasteiger partial charge in [-0.2, -0.15) is 0 Å². The molecule has 0 aromatic heterocycles. The van der Waals surface area contributed by atoms with Crippen molar-refractivity contribution in [2.45, 2.75) is 19.8 Å². The van der Waals surface area contributed by atoms with Crippen molar-refractivity contribution in [3.63, 3.8) is 0 Å². The predicted octanol–water partition coefficient (Wildman–Crippen LogP) is 1.23. The summed E-state index contributed by atoms with van der Waals surface area (Å²) in [5.74, 6) is 0.994. The summed E-state index contributed by atoms with van der Waals surface area (Å²) >= 11 is 0. The first-order chi connectivity index (χ1) is 9.24. The van der Waals surface area contributed by atoms with Gasteiger partial charge in [0.05, 0.1) is 13.5 Å². The van der Waals surface area contributed by atoms with E-state index in [0.29, 0.717) is 6.42 Å². The molecular weight excluding hydrogens is 240 g/mol. The molecule has 2 rings (SSSR count). The number of amides is 1. The van der Waals surface area contributed by atoms with Crippen LogP contribution in [0.25, 0.3) is 0 Å². The van der Waals surface area contributed by atoms with E-state index in [-0.39, 0.29) is 5.91 Å². The van der Waals surface area contributed by atoms with E-state index in [1.54, 1.807) is 7.11 Å². The molecule has 0 radical (unpaired) electrons. The van der Waals surface area contributed by atoms with Crippen LogP contribution < -0.4 is 10.1 Å². The summed E-state index contributed by atoms with van der Waals surface area (Å²) in [6.07, 6.45) is 1.40. The van der Waals surface area contributed by atoms with Crippen molar-refractivity contribution in [1.29, 1.82) is 0 Å². The zero-order valence-corrected chi connectivity index (χ0v) is 11.7. The summed E-state index contributed by atoms with van der Waals surface area (Å²) < 4.78 is 5.35. The van der Waals surface area contributed by atoms with E-state index in [0.717, 1.165) is 43.9 Å². The molecule has 1 amide bonds. The van der Waals surface area contributed by atoms with E-state index in [9.17, 15) is 4.79 Å². The van der Waals surface area contributed by atoms with Gasteiger partial charge < -0.3 is 15.0 Å². The number of rotatable bonds is 4. The molecule has 0 atom stereocenters. The number of carbonyl (C=O) groups is 1. The number of benzene rings is 1. The minimum Gasteiger partial charge on any atom is -0.496 e. The number of hydrogen-bond donors (Lipinski definition) is 1. The number of carbonyl (C=O) groups excluding carboxylic acids is 1. The Bertz CT molecular complexity index is 440. The first-order valence-corrected chi connectivity index (χ1v) is 6.89. The molecule has 1 heterocycles. The van der Waals surface area contributed by atoms with E-state index < -0.39 is 0 Å². The molecule has 1 N–H and O–H groups in total. The number of hydrogen-bond acceptors (Lipinski definition) is 3. The lowest BCUT2D eigenvalue weighted by molar-refractivity contribution is -0.131. The van der Waals surface area contributed by atoms with Gasteiger partial charge in [-0.1, -0.05) is 19.1 Å². The molecule has 4 heteroatoms. The Morgan fingerprint density at radius 1 is 1.37 bits per heavy atom. The van der Waals surface area contributed by atoms with E-state index in [1.807, 2.05) is 11.0 Å². The van der Waals surface area contributed by atoms with E-state index in [2.05, 4.69) is 24.4 Å². The number of piperazine rings is 1. The first kappa shape index (κ1) is 13.9. The predicted molar refractivity (Wildman–Crippen MR) is 75.5 cm³/mol. The average molecular weight is 262 g/mol. The molecule has 4 nitrogen and oxygen atoms in total. The maximum absolute atomic E-state index is 12.3. The Morgan fingerprint density at radius 3 is 2.74 bits per heavy atom. The average Bonchev–Trinajstić information content (AvgIpc) is 2.48. The van der Waals surface area contributed by atoms with Gasteiger partial charge in [-0.3, -0.25) is 4.79 Å². The van der Waals surface area contributed by atoms with Crippen LogP contribution in [0, 0.1) is 0 Å². The topological polar surface area (TPSA) is 41.6 Å². The number of aryl methyl sites for hydroxylation is 1. The molecule has 1 aliphatic heterocycles. The van der Waals surface area contributed by atoms with Crippen LogP contribution in [0.1, 0.15) is 18.1 Å². The summed E-state index contributed by atoms with van der Waals surface area (Å²) in [5.41, 5.74) is 2.23. The third kappa shape index (κ3) is 3.47. The lowest BCUT2D eigenvalue weighted by atomic mass is 10.0. The molecular formula is C15H22N2O2. The van der Waals surface area contributed by atoms with Crippen molar-refractivity contribution in [3.8, 4) is 5.75 Å². The molecule has 0 unspecified atom stereocenters. The quantitative estimate of drug-likeness (QED) is 0.887. The molecule has 0 spiro atoms. The summed E-state index contributed by atoms with van der Waals surface area (Å²) in [4.78, 5) is 14.2. The fourth-order valence-electron chi connectivity index (χ4n) is 2.38. The van der Waals surface area contributed by atoms with Crippen LogP contribution in [0.2, 0.25) is 0 Å². The van der Waals surface area contributed by atoms with Crippen molar-refractivity contribution < 1.29 is 9.53 Å². The van der Waals surface area contributed by atoms with Gasteiger partial charge >= 0.3 is 0 Å². The molecule has 104 valence electrons. The summed E-state index contributed by atoms with van der Waals surface area (Å²) in [6, 6.07) is 6.09. The SMILES string of the molecule is CCc1ccc(OC)c(CC(=O)N2CCNCC2)c1. The van der Waals surface area contributed by atoms with E-state index >= 15 is 0 Å². The minimum absolute atomic E-state index is 0.188. The highest BCUT2D eigenvalue weighted by Gasteiger charge is 2.18. The molecule has 1 aromatic rings. The standard InChI is InChI=1S/C15H22N2O2/c1-3-12-4-5-14(19-2)13(10-12)11-15(18)17-8-6-16-7-9-17/h4-5,10,16H,3,6-9,11H2,1-2H3. The van der Waals surface area contributed by atoms with Crippen LogP contribution in [0.3, 0.4) is 0 Å². The molecule has 19 heavy (non-hydrogen) atoms. The molecule has 0 saturated carbocycles. The van der Waals surface area contributed by atoms with Crippen molar-refractivity contribution in [1.82, 2.24) is 10.2 Å². The Labute approximate surface area is 114 Å². The third-order valence-electron chi connectivity index (χ3n) is 3.56. The van der Waals surface area contributed by atoms with E-state index in [4.69, 9.17) is 4.74 Å². The zero-order chi connectivity index (χ0) is 13.7. The van der Waals surface area contributed by atoms with Crippen LogP contribution in [0.15, 0.2) is 18.2 Å². The highest BCUT2D eigenvalue weighted by molar-refractivity contribution is 5.79. The fourth-order valence-corrected chi connectivity index (χ4v) is 2.38. The van der Waals surface area contributed by atoms with Gasteiger partial charge in [-0.15, -0.1) is 0 Å². The van der Waals surface area contributed by atoms with Crippen molar-refractivity contribution in [3.05, 3.63) is 29.3 Å². The largest absolute Gasteiger partial charge is 0.496 e. The second-order valence-corrected chi connectivity index (χ2v) is 4.81. The zero-order valence-electron chi connectivity index (χ0n) is 11.7. The lowest BCUT2D eigenvalue weighted by Gasteiger charge is -2.27. The second kappa shape index (κ2) is 6.57. The maximum atomic E-state index is 12.3. The molecule has 1 aromatic carbocycles. The van der Waals surface area contributed by atoms with Gasteiger partial charge in [0.1, 0.15) is 5.75 Å². The van der Waals surface area contributed by atoms with Gasteiger partial charge in [0, 0.05) is 31.7 Å². The molecule has 1 aliphatic rings. The highest BCUT2D eigenvalue weighted by Crippen LogP contribution is 2.21. The van der Waals surface area contributed by atoms with Crippen LogP contribution in [0.5, 0.6) is 5.75 Å². The number of nitrogens with zero attached hydrogens (tertiary/aromatic N) is 1. The molecule has 1 fully saturated rings. The summed E-state index contributed by atoms with van der Waals surface area (Å²) in [6.45, 7) is 5.49. The number of ether oxygens (including phenoxy) is 1. The van der Waals surface area contributed by atoms with Crippen molar-refractivity contribution >= 4 is 5.91 Å². The molecule has 0 bridgehead atoms. The Morgan fingerprint density at radius 2 is 2.11 bits per heavy atom. The van der Waals surface area contributed by atoms with Gasteiger partial charge in [-0.05, 0) is 18.1 Å². The fraction of sp³-hybridized carbons (Fsp3) is 0.533. The number of nitrogens with one attached hydrogen (secondary N) is 1. The Hall–Kier alpha value is -1.55. The summed E-state index contributed by atoms with van der Waals surface area (Å²) in [5, 5.41) is 3.26. The van der Waals surface area contributed by atoms with Crippen LogP contribution in [-0.2, 0) is 17.6 Å². The van der Waals surface area contributed by atoms with Crippen LogP contribution in [0.4, 0.5) is 0 Å². The maximum Gasteiger partial charge on any atom is 0.227 e. The van der Waals surface area contributed by atoms with Crippen LogP contribution in [-0.4, -0.2) is 44.1 Å². The Balaban J connectivity index is 2.10. The second-order valence-electron chi connectivity index (χ2n) is 4.81. The van der Waals surface area contributed by atoms with Crippen molar-refractivity contribution in [2.24, 2.45) is 0 Å². The normalized spacial score (nSPS) is 15.4. The highest BCUT2D eigenvalue weighted by atomic mass is 16.5. The van der Waals surface area contributed by atoms with Crippen LogP contribution >= 0.6 is 0 Å². The number of methoxy groups -OCH3 is 1. The third-order valence-corrected chi connectivity index (χ3v) is 3.56. The smallest absolute Gasteiger partial charge is 0.227 e. The molecule has 1 saturated heterocycles. The lowest BCUT2D eigenvalue weighted by Crippen LogP contribution is -2.46. The monoisotopic (exact) mass is 262 g/mol. The molecule has 0 aliphatic carbocycles. The van der Waals surface area contributed by atoms with E-state index in [1.165, 1.54) is 5.56 Å². The first-order valence-electron chi connectivity index (χ1n) is 6.89. The minimum atomic E-state index is 0.188. The van der Waals surface area contributed by atoms with Crippen molar-refractivity contribution in [2.75, 3.05) is 33.3 Å². The summed E-state index contributed by atoms with van der Waals surface area (Å²) in [7, 11) is 1.65. The van der Waals surface area contributed by atoms with Gasteiger partial charge in [0.25, 0.3) is 0 Å². The van der Waals surface area contributed by atoms with Gasteiger partial charge in [0.2, 0.25) is 5.91 Å². The Kier molecular flexibility index (Phi) is 4.80. The van der Waals surface area contributed by atoms with Gasteiger partial charge in [0.15, 0.2) is 0 Å². The van der Waals surface area contributed by atoms with Gasteiger partial charge in [-0.25, -0.2) is 0 Å².